The lowest BCUT2D eigenvalue weighted by Crippen LogP contribution is -2.33. The van der Waals surface area contributed by atoms with Gasteiger partial charge in [-0.2, -0.15) is 0 Å². The van der Waals surface area contributed by atoms with E-state index >= 15 is 0 Å². The van der Waals surface area contributed by atoms with Crippen molar-refractivity contribution in [3.05, 3.63) is 59.7 Å². The van der Waals surface area contributed by atoms with Gasteiger partial charge in [0.05, 0.1) is 0 Å². The van der Waals surface area contributed by atoms with Gasteiger partial charge in [0.25, 0.3) is 0 Å². The van der Waals surface area contributed by atoms with Crippen molar-refractivity contribution >= 4 is 5.97 Å². The van der Waals surface area contributed by atoms with Gasteiger partial charge in [-0.25, -0.2) is 0 Å². The number of hydrogen-bond donors (Lipinski definition) is 0. The highest BCUT2D eigenvalue weighted by Gasteiger charge is 2.43. The summed E-state index contributed by atoms with van der Waals surface area (Å²) in [7, 11) is 0. The zero-order valence-corrected chi connectivity index (χ0v) is 11.0. The average Bonchev–Trinajstić information content (AvgIpc) is 2.85. The van der Waals surface area contributed by atoms with Crippen LogP contribution in [0.25, 0.3) is 0 Å². The normalized spacial score (nSPS) is 24.7. The highest BCUT2D eigenvalue weighted by molar-refractivity contribution is 5.84. The molecular weight excluding hydrogens is 236 g/mol. The van der Waals surface area contributed by atoms with Crippen molar-refractivity contribution in [1.82, 2.24) is 0 Å². The Morgan fingerprint density at radius 2 is 2.00 bits per heavy atom. The van der Waals surface area contributed by atoms with Gasteiger partial charge >= 0.3 is 5.97 Å². The molecule has 19 heavy (non-hydrogen) atoms. The van der Waals surface area contributed by atoms with Gasteiger partial charge < -0.3 is 4.74 Å². The summed E-state index contributed by atoms with van der Waals surface area (Å²) < 4.78 is 5.54. The molecule has 0 saturated heterocycles. The third kappa shape index (κ3) is 2.23. The molecule has 0 aliphatic heterocycles. The maximum Gasteiger partial charge on any atom is 0.320 e. The van der Waals surface area contributed by atoms with E-state index in [-0.39, 0.29) is 5.97 Å². The van der Waals surface area contributed by atoms with Crippen LogP contribution < -0.4 is 0 Å². The second-order valence-corrected chi connectivity index (χ2v) is 5.24. The third-order valence-corrected chi connectivity index (χ3v) is 4.06. The maximum absolute atomic E-state index is 12.5. The molecule has 2 aliphatic rings. The molecule has 98 valence electrons. The van der Waals surface area contributed by atoms with Gasteiger partial charge in [0, 0.05) is 0 Å². The van der Waals surface area contributed by atoms with Crippen LogP contribution in [0.4, 0.5) is 0 Å². The monoisotopic (exact) mass is 254 g/mol. The first-order chi connectivity index (χ1) is 9.31. The van der Waals surface area contributed by atoms with Gasteiger partial charge in [0.15, 0.2) is 0 Å². The molecule has 2 aliphatic carbocycles. The molecule has 0 bridgehead atoms. The Bertz CT molecular complexity index is 527. The minimum Gasteiger partial charge on any atom is -0.460 e. The summed E-state index contributed by atoms with van der Waals surface area (Å²) in [4.78, 5) is 12.5. The Kier molecular flexibility index (Phi) is 3.24. The molecule has 0 radical (unpaired) electrons. The van der Waals surface area contributed by atoms with Crippen molar-refractivity contribution in [3.63, 3.8) is 0 Å². The minimum absolute atomic E-state index is 0.0870. The molecule has 0 aromatic heterocycles. The van der Waals surface area contributed by atoms with Crippen molar-refractivity contribution in [3.8, 4) is 0 Å². The van der Waals surface area contributed by atoms with Crippen LogP contribution >= 0.6 is 0 Å². The molecule has 0 saturated carbocycles. The van der Waals surface area contributed by atoms with Crippen molar-refractivity contribution in [2.24, 2.45) is 5.41 Å². The highest BCUT2D eigenvalue weighted by Crippen LogP contribution is 2.46. The smallest absolute Gasteiger partial charge is 0.320 e. The number of benzene rings is 1. The van der Waals surface area contributed by atoms with Gasteiger partial charge in [0.2, 0.25) is 0 Å². The van der Waals surface area contributed by atoms with Crippen LogP contribution in [0.3, 0.4) is 0 Å². The topological polar surface area (TPSA) is 26.3 Å². The molecule has 2 nitrogen and oxygen atoms in total. The molecule has 1 aromatic rings. The van der Waals surface area contributed by atoms with Crippen molar-refractivity contribution in [2.45, 2.75) is 32.3 Å². The second kappa shape index (κ2) is 5.04. The molecule has 0 N–H and O–H groups in total. The first kappa shape index (κ1) is 12.2. The lowest BCUT2D eigenvalue weighted by atomic mass is 9.73. The molecule has 0 amide bonds. The summed E-state index contributed by atoms with van der Waals surface area (Å²) in [6.07, 6.45) is 10.3. The van der Waals surface area contributed by atoms with Crippen LogP contribution in [0, 0.1) is 5.41 Å². The minimum atomic E-state index is -0.451. The Morgan fingerprint density at radius 1 is 1.21 bits per heavy atom. The third-order valence-electron chi connectivity index (χ3n) is 4.06. The van der Waals surface area contributed by atoms with Gasteiger partial charge in [0.1, 0.15) is 12.0 Å². The van der Waals surface area contributed by atoms with E-state index in [9.17, 15) is 4.79 Å². The summed E-state index contributed by atoms with van der Waals surface area (Å²) in [5.74, 6) is -0.0870. The van der Waals surface area contributed by atoms with Crippen LogP contribution in [0.2, 0.25) is 0 Å². The van der Waals surface area contributed by atoms with E-state index in [0.717, 1.165) is 31.2 Å². The fourth-order valence-corrected chi connectivity index (χ4v) is 2.79. The van der Waals surface area contributed by atoms with E-state index in [1.807, 2.05) is 36.4 Å². The van der Waals surface area contributed by atoms with Crippen LogP contribution in [-0.2, 0) is 16.1 Å². The quantitative estimate of drug-likeness (QED) is 0.603. The van der Waals surface area contributed by atoms with Crippen LogP contribution in [-0.4, -0.2) is 5.97 Å². The fourth-order valence-electron chi connectivity index (χ4n) is 2.79. The molecule has 0 unspecified atom stereocenters. The number of carbonyl (C=O) groups excluding carboxylic acids is 1. The number of carbonyl (C=O) groups is 1. The highest BCUT2D eigenvalue weighted by atomic mass is 16.5. The standard InChI is InChI=1S/C17H18O2/c18-16(19-13-14-7-2-1-3-8-14)17(11-4-5-12-17)15-9-6-10-15/h1-4,7-9,11H,5-6,10,12-13H2/t17-/m0/s1. The van der Waals surface area contributed by atoms with Gasteiger partial charge in [-0.3, -0.25) is 4.79 Å². The Hall–Kier alpha value is -1.83. The van der Waals surface area contributed by atoms with Gasteiger partial charge in [-0.05, 0) is 31.2 Å². The Morgan fingerprint density at radius 3 is 2.58 bits per heavy atom. The largest absolute Gasteiger partial charge is 0.460 e. The van der Waals surface area contributed by atoms with Crippen LogP contribution in [0.15, 0.2) is 54.1 Å². The molecule has 1 atom stereocenters. The lowest BCUT2D eigenvalue weighted by Gasteiger charge is -2.32. The summed E-state index contributed by atoms with van der Waals surface area (Å²) >= 11 is 0. The predicted molar refractivity (Wildman–Crippen MR) is 74.4 cm³/mol. The van der Waals surface area contributed by atoms with Crippen molar-refractivity contribution in [2.75, 3.05) is 0 Å². The summed E-state index contributed by atoms with van der Waals surface area (Å²) in [5, 5.41) is 0. The second-order valence-electron chi connectivity index (χ2n) is 5.24. The maximum atomic E-state index is 12.5. The molecule has 1 aromatic carbocycles. The number of rotatable bonds is 4. The van der Waals surface area contributed by atoms with Crippen LogP contribution in [0.1, 0.15) is 31.2 Å². The molecular formula is C17H18O2. The summed E-state index contributed by atoms with van der Waals surface area (Å²) in [5.41, 5.74) is 1.84. The Labute approximate surface area is 113 Å². The lowest BCUT2D eigenvalue weighted by molar-refractivity contribution is -0.152. The molecule has 0 spiro atoms. The zero-order valence-electron chi connectivity index (χ0n) is 11.0. The Balaban J connectivity index is 1.70. The predicted octanol–water partition coefficient (Wildman–Crippen LogP) is 3.79. The molecule has 3 rings (SSSR count). The SMILES string of the molecule is O=C(OCc1ccccc1)[C@@]1(C2=CCC2)C=CCC1. The van der Waals surface area contributed by atoms with E-state index < -0.39 is 5.41 Å². The van der Waals surface area contributed by atoms with E-state index in [4.69, 9.17) is 4.74 Å². The summed E-state index contributed by atoms with van der Waals surface area (Å²) in [6.45, 7) is 0.364. The molecule has 2 heteroatoms. The zero-order chi connectivity index (χ0) is 13.1. The van der Waals surface area contributed by atoms with Crippen LogP contribution in [0.5, 0.6) is 0 Å². The van der Waals surface area contributed by atoms with Gasteiger partial charge in [-0.1, -0.05) is 54.1 Å². The molecule has 0 fully saturated rings. The molecule has 0 heterocycles. The number of esters is 1. The summed E-state index contributed by atoms with van der Waals surface area (Å²) in [6, 6.07) is 9.84. The van der Waals surface area contributed by atoms with E-state index in [1.165, 1.54) is 5.57 Å². The van der Waals surface area contributed by atoms with Crippen molar-refractivity contribution < 1.29 is 9.53 Å². The van der Waals surface area contributed by atoms with Gasteiger partial charge in [-0.15, -0.1) is 0 Å². The first-order valence-electron chi connectivity index (χ1n) is 6.90. The van der Waals surface area contributed by atoms with E-state index in [2.05, 4.69) is 12.2 Å². The van der Waals surface area contributed by atoms with E-state index in [0.29, 0.717) is 6.61 Å². The average molecular weight is 254 g/mol. The fraction of sp³-hybridized carbons (Fsp3) is 0.353. The van der Waals surface area contributed by atoms with E-state index in [1.54, 1.807) is 0 Å². The number of hydrogen-bond acceptors (Lipinski definition) is 2. The van der Waals surface area contributed by atoms with Crippen molar-refractivity contribution in [1.29, 1.82) is 0 Å². The number of ether oxygens (including phenoxy) is 1. The first-order valence-corrected chi connectivity index (χ1v) is 6.90. The number of allylic oxidation sites excluding steroid dienone is 2.